The van der Waals surface area contributed by atoms with E-state index in [2.05, 4.69) is 40.1 Å². The van der Waals surface area contributed by atoms with Gasteiger partial charge in [-0.05, 0) is 76.6 Å². The van der Waals surface area contributed by atoms with Gasteiger partial charge in [0.25, 0.3) is 0 Å². The van der Waals surface area contributed by atoms with Gasteiger partial charge in [-0.3, -0.25) is 4.90 Å². The summed E-state index contributed by atoms with van der Waals surface area (Å²) in [6.45, 7) is 5.08. The Morgan fingerprint density at radius 2 is 2.17 bits per heavy atom. The second kappa shape index (κ2) is 10.8. The fourth-order valence-electron chi connectivity index (χ4n) is 7.04. The van der Waals surface area contributed by atoms with Gasteiger partial charge in [0.15, 0.2) is 22.4 Å². The predicted molar refractivity (Wildman–Crippen MR) is 163 cm³/mol. The van der Waals surface area contributed by atoms with Crippen LogP contribution in [0.15, 0.2) is 34.8 Å². The summed E-state index contributed by atoms with van der Waals surface area (Å²) in [5, 5.41) is 21.1. The Kier molecular flexibility index (Phi) is 6.96. The number of nitrogens with one attached hydrogen (secondary N) is 1. The number of hydrogen-bond donors (Lipinski definition) is 2. The van der Waals surface area contributed by atoms with E-state index in [-0.39, 0.29) is 12.1 Å². The SMILES string of the molecule is C=C[C@H](Oc1cc(Nc2nccs2)nc(-c2noc3c2CCC[C@@]32CCCc3sc(N)c(C#N)c32)n1)[C@@H]1CCCN1C. The minimum absolute atomic E-state index is 0.225. The van der Waals surface area contributed by atoms with E-state index >= 15 is 0 Å². The first kappa shape index (κ1) is 27.1. The number of likely N-dealkylation sites (tertiary alicyclic amines) is 1. The van der Waals surface area contributed by atoms with Crippen LogP contribution in [0.4, 0.5) is 16.0 Å². The lowest BCUT2D eigenvalue weighted by Gasteiger charge is -2.39. The van der Waals surface area contributed by atoms with Crippen LogP contribution in [0.2, 0.25) is 0 Å². The monoisotopic (exact) mass is 600 g/mol. The maximum absolute atomic E-state index is 10.0. The van der Waals surface area contributed by atoms with Crippen LogP contribution in [-0.4, -0.2) is 50.7 Å². The van der Waals surface area contributed by atoms with Gasteiger partial charge in [-0.1, -0.05) is 11.7 Å². The highest BCUT2D eigenvalue weighted by Crippen LogP contribution is 2.55. The van der Waals surface area contributed by atoms with Crippen molar-refractivity contribution in [1.29, 1.82) is 5.26 Å². The maximum atomic E-state index is 10.0. The zero-order valence-electron chi connectivity index (χ0n) is 23.4. The Bertz CT molecular complexity index is 1670. The zero-order valence-corrected chi connectivity index (χ0v) is 25.1. The Hall–Kier alpha value is -3.79. The number of thiazole rings is 1. The Balaban J connectivity index is 1.31. The number of nitrogens with two attached hydrogens (primary N) is 1. The molecule has 0 radical (unpaired) electrons. The quantitative estimate of drug-likeness (QED) is 0.249. The lowest BCUT2D eigenvalue weighted by Crippen LogP contribution is -2.38. The minimum Gasteiger partial charge on any atom is -0.468 e. The van der Waals surface area contributed by atoms with Crippen LogP contribution in [0.3, 0.4) is 0 Å². The van der Waals surface area contributed by atoms with E-state index in [1.165, 1.54) is 27.6 Å². The first-order valence-electron chi connectivity index (χ1n) is 14.4. The number of nitrogen functional groups attached to an aromatic ring is 1. The highest BCUT2D eigenvalue weighted by molar-refractivity contribution is 7.16. The Labute approximate surface area is 252 Å². The highest BCUT2D eigenvalue weighted by atomic mass is 32.1. The van der Waals surface area contributed by atoms with Crippen molar-refractivity contribution in [3.8, 4) is 23.5 Å². The van der Waals surface area contributed by atoms with E-state index in [9.17, 15) is 5.26 Å². The molecule has 0 amide bonds. The molecule has 1 saturated heterocycles. The number of thiophene rings is 1. The van der Waals surface area contributed by atoms with Crippen molar-refractivity contribution in [2.24, 2.45) is 0 Å². The summed E-state index contributed by atoms with van der Waals surface area (Å²) in [4.78, 5) is 17.6. The molecule has 4 aromatic rings. The number of ether oxygens (including phenoxy) is 1. The third-order valence-electron chi connectivity index (χ3n) is 8.89. The van der Waals surface area contributed by atoms with Crippen LogP contribution in [0.1, 0.15) is 65.9 Å². The van der Waals surface area contributed by atoms with Crippen molar-refractivity contribution in [3.05, 3.63) is 57.6 Å². The molecule has 0 aromatic carbocycles. The third-order valence-corrected chi connectivity index (χ3v) is 10.7. The number of nitriles is 1. The molecule has 12 heteroatoms. The smallest absolute Gasteiger partial charge is 0.219 e. The van der Waals surface area contributed by atoms with Crippen LogP contribution in [-0.2, 0) is 18.3 Å². The highest BCUT2D eigenvalue weighted by Gasteiger charge is 2.48. The summed E-state index contributed by atoms with van der Waals surface area (Å²) in [7, 11) is 2.12. The normalized spacial score (nSPS) is 22.3. The molecule has 4 aromatic heterocycles. The average molecular weight is 601 g/mol. The number of fused-ring (bicyclic) bond motifs is 4. The van der Waals surface area contributed by atoms with Gasteiger partial charge < -0.3 is 20.3 Å². The summed E-state index contributed by atoms with van der Waals surface area (Å²) < 4.78 is 12.7. The molecule has 42 heavy (non-hydrogen) atoms. The van der Waals surface area contributed by atoms with Gasteiger partial charge >= 0.3 is 0 Å². The van der Waals surface area contributed by atoms with Gasteiger partial charge in [-0.2, -0.15) is 10.2 Å². The number of hydrogen-bond acceptors (Lipinski definition) is 12. The van der Waals surface area contributed by atoms with E-state index in [0.29, 0.717) is 33.8 Å². The van der Waals surface area contributed by atoms with E-state index in [1.807, 2.05) is 11.5 Å². The van der Waals surface area contributed by atoms with Crippen molar-refractivity contribution >= 4 is 38.6 Å². The van der Waals surface area contributed by atoms with E-state index in [1.54, 1.807) is 12.3 Å². The van der Waals surface area contributed by atoms with Gasteiger partial charge in [0.05, 0.1) is 17.0 Å². The summed E-state index contributed by atoms with van der Waals surface area (Å²) in [5.41, 5.74) is 9.15. The molecule has 216 valence electrons. The molecule has 7 rings (SSSR count). The molecule has 1 fully saturated rings. The summed E-state index contributed by atoms with van der Waals surface area (Å²) in [6.07, 6.45) is 11.0. The van der Waals surface area contributed by atoms with Gasteiger partial charge in [0.1, 0.15) is 23.0 Å². The van der Waals surface area contributed by atoms with Crippen molar-refractivity contribution in [3.63, 3.8) is 0 Å². The van der Waals surface area contributed by atoms with Crippen molar-refractivity contribution in [1.82, 2.24) is 25.0 Å². The second-order valence-electron chi connectivity index (χ2n) is 11.3. The van der Waals surface area contributed by atoms with Crippen LogP contribution in [0, 0.1) is 11.3 Å². The number of anilines is 3. The lowest BCUT2D eigenvalue weighted by atomic mass is 9.63. The van der Waals surface area contributed by atoms with E-state index in [0.717, 1.165) is 79.9 Å². The number of nitrogens with zero attached hydrogens (tertiary/aromatic N) is 6. The van der Waals surface area contributed by atoms with Crippen LogP contribution in [0.5, 0.6) is 5.88 Å². The molecule has 10 nitrogen and oxygen atoms in total. The first-order valence-corrected chi connectivity index (χ1v) is 16.1. The number of aryl methyl sites for hydroxylation is 1. The van der Waals surface area contributed by atoms with Gasteiger partial charge in [-0.25, -0.2) is 9.97 Å². The molecule has 0 saturated carbocycles. The molecule has 2 aliphatic carbocycles. The largest absolute Gasteiger partial charge is 0.468 e. The van der Waals surface area contributed by atoms with Gasteiger partial charge in [0.2, 0.25) is 5.88 Å². The second-order valence-corrected chi connectivity index (χ2v) is 13.3. The van der Waals surface area contributed by atoms with Crippen molar-refractivity contribution in [2.45, 2.75) is 68.9 Å². The molecule has 1 spiro atoms. The van der Waals surface area contributed by atoms with Crippen LogP contribution < -0.4 is 15.8 Å². The molecule has 3 atom stereocenters. The first-order chi connectivity index (χ1) is 20.5. The van der Waals surface area contributed by atoms with Crippen LogP contribution in [0.25, 0.3) is 11.5 Å². The predicted octanol–water partition coefficient (Wildman–Crippen LogP) is 5.83. The fraction of sp³-hybridized carbons (Fsp3) is 0.433. The number of likely N-dealkylation sites (N-methyl/N-ethyl adjacent to an activating group) is 1. The minimum atomic E-state index is -0.414. The average Bonchev–Trinajstić information content (AvgIpc) is 3.79. The number of aromatic nitrogens is 4. The van der Waals surface area contributed by atoms with Crippen molar-refractivity contribution < 1.29 is 9.26 Å². The fourth-order valence-corrected chi connectivity index (χ4v) is 8.74. The van der Waals surface area contributed by atoms with E-state index < -0.39 is 5.41 Å². The third kappa shape index (κ3) is 4.47. The molecular formula is C30H32N8O2S2. The molecular weight excluding hydrogens is 569 g/mol. The molecule has 1 aliphatic heterocycles. The molecule has 5 heterocycles. The van der Waals surface area contributed by atoms with Gasteiger partial charge in [0, 0.05) is 28.1 Å². The maximum Gasteiger partial charge on any atom is 0.219 e. The summed E-state index contributed by atoms with van der Waals surface area (Å²) in [5.74, 6) is 2.24. The zero-order chi connectivity index (χ0) is 28.8. The summed E-state index contributed by atoms with van der Waals surface area (Å²) >= 11 is 3.02. The van der Waals surface area contributed by atoms with Crippen molar-refractivity contribution in [2.75, 3.05) is 24.6 Å². The Morgan fingerprint density at radius 1 is 1.31 bits per heavy atom. The van der Waals surface area contributed by atoms with Crippen LogP contribution >= 0.6 is 22.7 Å². The lowest BCUT2D eigenvalue weighted by molar-refractivity contribution is 0.138. The standard InChI is InChI=1S/C30H32N8O2S2/c1-3-20(19-8-6-13-38(19)2)39-23-15-22(35-29-33-12-14-41-29)34-28(36-23)25-17-7-4-10-30(26(17)40-37-25)11-5-9-21-24(30)18(16-31)27(32)42-21/h3,12,14-15,19-20H,1,4-11,13,32H2,2H3,(H,33,34,35,36)/t19-,20-,30-/m0/s1. The molecule has 0 unspecified atom stereocenters. The molecule has 0 bridgehead atoms. The number of rotatable bonds is 7. The topological polar surface area (TPSA) is 139 Å². The van der Waals surface area contributed by atoms with Gasteiger partial charge in [-0.15, -0.1) is 22.7 Å². The molecule has 3 N–H and O–H groups in total. The Morgan fingerprint density at radius 3 is 2.90 bits per heavy atom. The van der Waals surface area contributed by atoms with E-state index in [4.69, 9.17) is 25.0 Å². The summed E-state index contributed by atoms with van der Waals surface area (Å²) in [6, 6.07) is 4.41. The molecule has 3 aliphatic rings.